The van der Waals surface area contributed by atoms with Gasteiger partial charge in [-0.2, -0.15) is 0 Å². The van der Waals surface area contributed by atoms with Crippen LogP contribution in [0.25, 0.3) is 11.3 Å². The van der Waals surface area contributed by atoms with E-state index in [1.54, 1.807) is 25.3 Å². The topological polar surface area (TPSA) is 47.3 Å². The molecule has 2 aromatic rings. The van der Waals surface area contributed by atoms with E-state index < -0.39 is 0 Å². The third kappa shape index (κ3) is 3.40. The van der Waals surface area contributed by atoms with E-state index in [4.69, 9.17) is 9.15 Å². The molecular weight excluding hydrogens is 315 g/mol. The van der Waals surface area contributed by atoms with Gasteiger partial charge < -0.3 is 14.5 Å². The molecule has 1 aromatic carbocycles. The van der Waals surface area contributed by atoms with Crippen LogP contribution >= 0.6 is 15.9 Å². The molecule has 0 saturated carbocycles. The van der Waals surface area contributed by atoms with Crippen LogP contribution in [0.15, 0.2) is 33.5 Å². The standard InChI is InChI=1S/C13H14BrFN2O2/c1-18-6-5-16-7-11-13(19-8-17-11)9-3-2-4-10(14)12(9)15/h2-4,8,16H,5-7H2,1H3. The van der Waals surface area contributed by atoms with Gasteiger partial charge in [0.2, 0.25) is 0 Å². The number of methoxy groups -OCH3 is 1. The van der Waals surface area contributed by atoms with Gasteiger partial charge in [-0.25, -0.2) is 9.37 Å². The average Bonchev–Trinajstić information content (AvgIpc) is 2.86. The summed E-state index contributed by atoms with van der Waals surface area (Å²) in [6.45, 7) is 1.81. The number of nitrogens with one attached hydrogen (secondary N) is 1. The van der Waals surface area contributed by atoms with E-state index in [0.29, 0.717) is 41.2 Å². The first-order valence-electron chi connectivity index (χ1n) is 5.80. The summed E-state index contributed by atoms with van der Waals surface area (Å²) in [6, 6.07) is 5.07. The highest BCUT2D eigenvalue weighted by atomic mass is 79.9. The van der Waals surface area contributed by atoms with Crippen LogP contribution in [-0.2, 0) is 11.3 Å². The number of rotatable bonds is 6. The third-order valence-corrected chi connectivity index (χ3v) is 3.23. The smallest absolute Gasteiger partial charge is 0.181 e. The molecule has 1 heterocycles. The van der Waals surface area contributed by atoms with E-state index in [0.717, 1.165) is 0 Å². The Morgan fingerprint density at radius 1 is 1.47 bits per heavy atom. The summed E-state index contributed by atoms with van der Waals surface area (Å²) in [7, 11) is 1.64. The lowest BCUT2D eigenvalue weighted by Gasteiger charge is -2.05. The summed E-state index contributed by atoms with van der Waals surface area (Å²) in [5, 5.41) is 3.15. The van der Waals surface area contributed by atoms with E-state index in [9.17, 15) is 4.39 Å². The van der Waals surface area contributed by atoms with Gasteiger partial charge in [0.1, 0.15) is 11.5 Å². The van der Waals surface area contributed by atoms with Crippen LogP contribution in [0.1, 0.15) is 5.69 Å². The second kappa shape index (κ2) is 6.79. The van der Waals surface area contributed by atoms with Crippen molar-refractivity contribution in [2.75, 3.05) is 20.3 Å². The Hall–Kier alpha value is -1.24. The molecule has 1 N–H and O–H groups in total. The van der Waals surface area contributed by atoms with Gasteiger partial charge in [0.15, 0.2) is 12.2 Å². The predicted octanol–water partition coefficient (Wildman–Crippen LogP) is 2.98. The Kier molecular flexibility index (Phi) is 5.07. The van der Waals surface area contributed by atoms with Crippen molar-refractivity contribution in [2.24, 2.45) is 0 Å². The Labute approximate surface area is 119 Å². The summed E-state index contributed by atoms with van der Waals surface area (Å²) in [6.07, 6.45) is 1.32. The number of hydrogen-bond acceptors (Lipinski definition) is 4. The number of ether oxygens (including phenoxy) is 1. The number of benzene rings is 1. The Morgan fingerprint density at radius 2 is 2.32 bits per heavy atom. The van der Waals surface area contributed by atoms with Crippen LogP contribution in [0, 0.1) is 5.82 Å². The Morgan fingerprint density at radius 3 is 3.11 bits per heavy atom. The first-order valence-corrected chi connectivity index (χ1v) is 6.59. The molecular formula is C13H14BrFN2O2. The second-order valence-corrected chi connectivity index (χ2v) is 4.75. The molecule has 0 radical (unpaired) electrons. The minimum absolute atomic E-state index is 0.350. The van der Waals surface area contributed by atoms with E-state index in [-0.39, 0.29) is 5.82 Å². The first-order chi connectivity index (χ1) is 9.24. The van der Waals surface area contributed by atoms with E-state index >= 15 is 0 Å². The van der Waals surface area contributed by atoms with Gasteiger partial charge in [0.25, 0.3) is 0 Å². The van der Waals surface area contributed by atoms with Gasteiger partial charge in [-0.05, 0) is 28.1 Å². The molecule has 0 fully saturated rings. The molecule has 0 aliphatic rings. The van der Waals surface area contributed by atoms with Crippen LogP contribution < -0.4 is 5.32 Å². The van der Waals surface area contributed by atoms with Crippen molar-refractivity contribution >= 4 is 15.9 Å². The third-order valence-electron chi connectivity index (χ3n) is 2.61. The number of hydrogen-bond donors (Lipinski definition) is 1. The molecule has 6 heteroatoms. The number of aromatic nitrogens is 1. The van der Waals surface area contributed by atoms with Crippen LogP contribution in [0.4, 0.5) is 4.39 Å². The molecule has 0 aliphatic carbocycles. The van der Waals surface area contributed by atoms with E-state index in [1.165, 1.54) is 6.39 Å². The van der Waals surface area contributed by atoms with Gasteiger partial charge >= 0.3 is 0 Å². The SMILES string of the molecule is COCCNCc1ncoc1-c1cccc(Br)c1F. The molecule has 19 heavy (non-hydrogen) atoms. The van der Waals surface area contributed by atoms with Gasteiger partial charge in [0.05, 0.1) is 16.6 Å². The minimum Gasteiger partial charge on any atom is -0.443 e. The monoisotopic (exact) mass is 328 g/mol. The average molecular weight is 329 g/mol. The molecule has 1 aromatic heterocycles. The van der Waals surface area contributed by atoms with Crippen molar-refractivity contribution in [3.8, 4) is 11.3 Å². The van der Waals surface area contributed by atoms with Gasteiger partial charge in [-0.3, -0.25) is 0 Å². The lowest BCUT2D eigenvalue weighted by Crippen LogP contribution is -2.19. The lowest BCUT2D eigenvalue weighted by atomic mass is 10.1. The molecule has 0 saturated heterocycles. The van der Waals surface area contributed by atoms with Crippen molar-refractivity contribution in [2.45, 2.75) is 6.54 Å². The summed E-state index contributed by atoms with van der Waals surface area (Å²) in [4.78, 5) is 4.11. The number of halogens is 2. The van der Waals surface area contributed by atoms with Crippen LogP contribution in [0.5, 0.6) is 0 Å². The van der Waals surface area contributed by atoms with Crippen molar-refractivity contribution in [1.82, 2.24) is 10.3 Å². The van der Waals surface area contributed by atoms with Gasteiger partial charge in [-0.15, -0.1) is 0 Å². The normalized spacial score (nSPS) is 10.9. The zero-order valence-corrected chi connectivity index (χ0v) is 12.0. The van der Waals surface area contributed by atoms with Gasteiger partial charge in [-0.1, -0.05) is 6.07 Å². The molecule has 0 spiro atoms. The second-order valence-electron chi connectivity index (χ2n) is 3.90. The fourth-order valence-electron chi connectivity index (χ4n) is 1.67. The van der Waals surface area contributed by atoms with E-state index in [1.807, 2.05) is 0 Å². The fourth-order valence-corrected chi connectivity index (χ4v) is 2.04. The highest BCUT2D eigenvalue weighted by molar-refractivity contribution is 9.10. The molecule has 2 rings (SSSR count). The van der Waals surface area contributed by atoms with Crippen molar-refractivity contribution in [3.63, 3.8) is 0 Å². The summed E-state index contributed by atoms with van der Waals surface area (Å²) >= 11 is 3.16. The zero-order chi connectivity index (χ0) is 13.7. The zero-order valence-electron chi connectivity index (χ0n) is 10.5. The summed E-state index contributed by atoms with van der Waals surface area (Å²) in [5.74, 6) is 0.0982. The Bertz CT molecular complexity index is 545. The largest absolute Gasteiger partial charge is 0.443 e. The molecule has 0 aliphatic heterocycles. The maximum Gasteiger partial charge on any atom is 0.181 e. The summed E-state index contributed by atoms with van der Waals surface area (Å²) in [5.41, 5.74) is 1.07. The highest BCUT2D eigenvalue weighted by Crippen LogP contribution is 2.29. The minimum atomic E-state index is -0.350. The number of oxazole rings is 1. The molecule has 0 unspecified atom stereocenters. The number of nitrogens with zero attached hydrogens (tertiary/aromatic N) is 1. The molecule has 0 atom stereocenters. The Balaban J connectivity index is 2.17. The summed E-state index contributed by atoms with van der Waals surface area (Å²) < 4.78 is 24.7. The van der Waals surface area contributed by atoms with Crippen LogP contribution in [0.2, 0.25) is 0 Å². The molecule has 4 nitrogen and oxygen atoms in total. The highest BCUT2D eigenvalue weighted by Gasteiger charge is 2.16. The first kappa shape index (κ1) is 14.2. The maximum atomic E-state index is 14.0. The predicted molar refractivity (Wildman–Crippen MR) is 73.2 cm³/mol. The molecule has 0 amide bonds. The van der Waals surface area contributed by atoms with Crippen LogP contribution in [0.3, 0.4) is 0 Å². The molecule has 102 valence electrons. The van der Waals surface area contributed by atoms with Crippen LogP contribution in [-0.4, -0.2) is 25.2 Å². The quantitative estimate of drug-likeness (QED) is 0.828. The molecule has 0 bridgehead atoms. The maximum absolute atomic E-state index is 14.0. The van der Waals surface area contributed by atoms with Crippen molar-refractivity contribution in [1.29, 1.82) is 0 Å². The van der Waals surface area contributed by atoms with Crippen molar-refractivity contribution in [3.05, 3.63) is 40.6 Å². The van der Waals surface area contributed by atoms with Gasteiger partial charge in [0, 0.05) is 20.2 Å². The van der Waals surface area contributed by atoms with Crippen molar-refractivity contribution < 1.29 is 13.5 Å². The lowest BCUT2D eigenvalue weighted by molar-refractivity contribution is 0.199. The van der Waals surface area contributed by atoms with E-state index in [2.05, 4.69) is 26.2 Å². The fraction of sp³-hybridized carbons (Fsp3) is 0.308.